The summed E-state index contributed by atoms with van der Waals surface area (Å²) in [5.41, 5.74) is -5.05. The molecule has 2 rings (SSSR count). The van der Waals surface area contributed by atoms with E-state index in [9.17, 15) is 31.5 Å². The first-order valence-corrected chi connectivity index (χ1v) is 9.49. The Morgan fingerprint density at radius 2 is 1.82 bits per heavy atom. The summed E-state index contributed by atoms with van der Waals surface area (Å²) in [5.74, 6) is -0.957. The van der Waals surface area contributed by atoms with E-state index in [1.807, 2.05) is 0 Å². The summed E-state index contributed by atoms with van der Waals surface area (Å²) in [5, 5.41) is 10.1. The molecule has 0 aromatic heterocycles. The molecule has 1 aliphatic heterocycles. The Balaban J connectivity index is 2.27. The van der Waals surface area contributed by atoms with Gasteiger partial charge in [0.25, 0.3) is 0 Å². The maximum absolute atomic E-state index is 12.7. The third-order valence-corrected chi connectivity index (χ3v) is 4.88. The normalized spacial score (nSPS) is 28.7. The van der Waals surface area contributed by atoms with Crippen LogP contribution in [0.15, 0.2) is 30.3 Å². The van der Waals surface area contributed by atoms with E-state index in [1.54, 1.807) is 30.3 Å². The maximum Gasteiger partial charge on any atom is 0.523 e. The van der Waals surface area contributed by atoms with E-state index in [0.717, 1.165) is 6.92 Å². The average Bonchev–Trinajstić information content (AvgIpc) is 2.59. The molecule has 0 unspecified atom stereocenters. The van der Waals surface area contributed by atoms with Crippen LogP contribution in [-0.2, 0) is 39.9 Å². The lowest BCUT2D eigenvalue weighted by molar-refractivity contribution is -0.295. The van der Waals surface area contributed by atoms with E-state index in [2.05, 4.69) is 4.18 Å². The van der Waals surface area contributed by atoms with Gasteiger partial charge in [0.15, 0.2) is 12.4 Å². The molecule has 158 valence electrons. The highest BCUT2D eigenvalue weighted by molar-refractivity contribution is 7.87. The molecule has 1 aromatic carbocycles. The fraction of sp³-hybridized carbons (Fsp3) is 0.562. The predicted octanol–water partition coefficient (Wildman–Crippen LogP) is 1.48. The number of carbonyl (C=O) groups is 1. The van der Waals surface area contributed by atoms with Crippen LogP contribution in [0.25, 0.3) is 0 Å². The first-order valence-electron chi connectivity index (χ1n) is 8.08. The second kappa shape index (κ2) is 8.74. The number of benzene rings is 1. The molecule has 28 heavy (non-hydrogen) atoms. The minimum Gasteiger partial charge on any atom is -0.454 e. The first-order chi connectivity index (χ1) is 12.9. The SMILES string of the molecule is CC(=O)O[C@H]1[C@H](OCc2ccccc2)O[C@@H](C)[C@H](O)[C@@H]1OS(=O)(=O)C(F)(F)F. The second-order valence-electron chi connectivity index (χ2n) is 6.03. The largest absolute Gasteiger partial charge is 0.523 e. The number of aliphatic hydroxyl groups excluding tert-OH is 1. The lowest BCUT2D eigenvalue weighted by Gasteiger charge is -2.42. The van der Waals surface area contributed by atoms with Gasteiger partial charge in [-0.2, -0.15) is 21.6 Å². The number of esters is 1. The molecule has 0 saturated carbocycles. The van der Waals surface area contributed by atoms with E-state index in [0.29, 0.717) is 5.56 Å². The van der Waals surface area contributed by atoms with Crippen molar-refractivity contribution in [2.45, 2.75) is 56.7 Å². The van der Waals surface area contributed by atoms with Gasteiger partial charge in [-0.25, -0.2) is 0 Å². The average molecular weight is 428 g/mol. The summed E-state index contributed by atoms with van der Waals surface area (Å²) in [6.07, 6.45) is -8.32. The number of halogens is 3. The van der Waals surface area contributed by atoms with Crippen molar-refractivity contribution in [2.24, 2.45) is 0 Å². The molecular weight excluding hydrogens is 409 g/mol. The molecule has 0 spiro atoms. The van der Waals surface area contributed by atoms with Crippen LogP contribution in [-0.4, -0.2) is 55.7 Å². The summed E-state index contributed by atoms with van der Waals surface area (Å²) in [6, 6.07) is 8.59. The molecule has 1 aliphatic rings. The Morgan fingerprint density at radius 3 is 2.36 bits per heavy atom. The van der Waals surface area contributed by atoms with E-state index >= 15 is 0 Å². The van der Waals surface area contributed by atoms with Crippen LogP contribution < -0.4 is 0 Å². The smallest absolute Gasteiger partial charge is 0.454 e. The third-order valence-electron chi connectivity index (χ3n) is 3.84. The molecular formula is C16H19F3O8S. The van der Waals surface area contributed by atoms with Crippen LogP contribution in [0.1, 0.15) is 19.4 Å². The van der Waals surface area contributed by atoms with Crippen molar-refractivity contribution in [1.29, 1.82) is 0 Å². The van der Waals surface area contributed by atoms with E-state index in [4.69, 9.17) is 14.2 Å². The topological polar surface area (TPSA) is 108 Å². The highest BCUT2D eigenvalue weighted by atomic mass is 32.2. The molecule has 1 saturated heterocycles. The molecule has 0 aliphatic carbocycles. The molecule has 1 heterocycles. The predicted molar refractivity (Wildman–Crippen MR) is 87.0 cm³/mol. The number of aliphatic hydroxyl groups is 1. The van der Waals surface area contributed by atoms with E-state index in [1.165, 1.54) is 6.92 Å². The molecule has 1 fully saturated rings. The van der Waals surface area contributed by atoms with Crippen molar-refractivity contribution >= 4 is 16.1 Å². The molecule has 8 nitrogen and oxygen atoms in total. The number of hydrogen-bond donors (Lipinski definition) is 1. The zero-order valence-corrected chi connectivity index (χ0v) is 15.6. The third kappa shape index (κ3) is 5.41. The number of alkyl halides is 3. The second-order valence-corrected chi connectivity index (χ2v) is 7.60. The van der Waals surface area contributed by atoms with Crippen LogP contribution in [0.2, 0.25) is 0 Å². The van der Waals surface area contributed by atoms with Crippen LogP contribution in [0, 0.1) is 0 Å². The molecule has 0 amide bonds. The van der Waals surface area contributed by atoms with E-state index in [-0.39, 0.29) is 6.61 Å². The Hall–Kier alpha value is -1.73. The molecule has 1 N–H and O–H groups in total. The van der Waals surface area contributed by atoms with Crippen molar-refractivity contribution in [3.8, 4) is 0 Å². The number of hydrogen-bond acceptors (Lipinski definition) is 8. The van der Waals surface area contributed by atoms with Gasteiger partial charge in [0.1, 0.15) is 12.2 Å². The highest BCUT2D eigenvalue weighted by Crippen LogP contribution is 2.33. The van der Waals surface area contributed by atoms with Crippen LogP contribution >= 0.6 is 0 Å². The van der Waals surface area contributed by atoms with Crippen molar-refractivity contribution in [2.75, 3.05) is 0 Å². The zero-order valence-electron chi connectivity index (χ0n) is 14.8. The van der Waals surface area contributed by atoms with Crippen LogP contribution in [0.5, 0.6) is 0 Å². The number of rotatable bonds is 6. The fourth-order valence-electron chi connectivity index (χ4n) is 2.50. The quantitative estimate of drug-likeness (QED) is 0.412. The lowest BCUT2D eigenvalue weighted by atomic mass is 10.00. The van der Waals surface area contributed by atoms with Crippen molar-refractivity contribution < 1.29 is 49.9 Å². The summed E-state index contributed by atoms with van der Waals surface area (Å²) < 4.78 is 80.8. The van der Waals surface area contributed by atoms with Crippen molar-refractivity contribution in [3.63, 3.8) is 0 Å². The minimum atomic E-state index is -6.08. The van der Waals surface area contributed by atoms with Gasteiger partial charge in [-0.3, -0.25) is 8.98 Å². The molecule has 0 radical (unpaired) electrons. The highest BCUT2D eigenvalue weighted by Gasteiger charge is 2.55. The Morgan fingerprint density at radius 1 is 1.21 bits per heavy atom. The van der Waals surface area contributed by atoms with Gasteiger partial charge in [-0.05, 0) is 12.5 Å². The minimum absolute atomic E-state index is 0.0785. The lowest BCUT2D eigenvalue weighted by Crippen LogP contribution is -2.60. The number of ether oxygens (including phenoxy) is 3. The maximum atomic E-state index is 12.7. The van der Waals surface area contributed by atoms with Gasteiger partial charge in [0.05, 0.1) is 12.7 Å². The van der Waals surface area contributed by atoms with Crippen LogP contribution in [0.3, 0.4) is 0 Å². The molecule has 12 heteroatoms. The van der Waals surface area contributed by atoms with Crippen molar-refractivity contribution in [1.82, 2.24) is 0 Å². The van der Waals surface area contributed by atoms with Gasteiger partial charge in [-0.15, -0.1) is 0 Å². The first kappa shape index (κ1) is 22.6. The fourth-order valence-corrected chi connectivity index (χ4v) is 3.12. The zero-order chi connectivity index (χ0) is 21.1. The van der Waals surface area contributed by atoms with Gasteiger partial charge in [0.2, 0.25) is 0 Å². The van der Waals surface area contributed by atoms with E-state index < -0.39 is 52.3 Å². The summed E-state index contributed by atoms with van der Waals surface area (Å²) in [6.45, 7) is 2.16. The van der Waals surface area contributed by atoms with Crippen LogP contribution in [0.4, 0.5) is 13.2 Å². The Labute approximate surface area is 159 Å². The van der Waals surface area contributed by atoms with Gasteiger partial charge in [-0.1, -0.05) is 30.3 Å². The molecule has 1 aromatic rings. The van der Waals surface area contributed by atoms with Gasteiger partial charge in [0, 0.05) is 6.92 Å². The number of carbonyl (C=O) groups excluding carboxylic acids is 1. The molecule has 0 bridgehead atoms. The van der Waals surface area contributed by atoms with Gasteiger partial charge >= 0.3 is 21.6 Å². The molecule has 5 atom stereocenters. The summed E-state index contributed by atoms with van der Waals surface area (Å²) in [4.78, 5) is 11.4. The Kier molecular flexibility index (Phi) is 7.04. The monoisotopic (exact) mass is 428 g/mol. The Bertz CT molecular complexity index is 768. The standard InChI is InChI=1S/C16H19F3O8S/c1-9-12(21)13(27-28(22,23)16(17,18)19)14(26-10(2)20)15(25-9)24-8-11-6-4-3-5-7-11/h3-7,9,12-15,21H,8H2,1-2H3/t9-,12-,13-,14+,15+/m0/s1. The summed E-state index contributed by atoms with van der Waals surface area (Å²) in [7, 11) is -6.08. The van der Waals surface area contributed by atoms with Gasteiger partial charge < -0.3 is 19.3 Å². The van der Waals surface area contributed by atoms with Crippen molar-refractivity contribution in [3.05, 3.63) is 35.9 Å². The summed E-state index contributed by atoms with van der Waals surface area (Å²) >= 11 is 0.